The van der Waals surface area contributed by atoms with Crippen LogP contribution in [-0.4, -0.2) is 52.6 Å². The van der Waals surface area contributed by atoms with Gasteiger partial charge in [-0.05, 0) is 18.4 Å². The van der Waals surface area contributed by atoms with E-state index in [9.17, 15) is 21.6 Å². The Bertz CT molecular complexity index is 745. The summed E-state index contributed by atoms with van der Waals surface area (Å²) in [6.07, 6.45) is 0.730. The first-order chi connectivity index (χ1) is 10.8. The van der Waals surface area contributed by atoms with Crippen molar-refractivity contribution in [1.29, 1.82) is 0 Å². The minimum Gasteiger partial charge on any atom is -0.351 e. The lowest BCUT2D eigenvalue weighted by atomic mass is 10.2. The molecule has 1 saturated heterocycles. The molecule has 9 heteroatoms. The largest absolute Gasteiger partial charge is 0.351 e. The Morgan fingerprint density at radius 3 is 2.52 bits per heavy atom. The monoisotopic (exact) mass is 360 g/mol. The Morgan fingerprint density at radius 2 is 1.91 bits per heavy atom. The quantitative estimate of drug-likeness (QED) is 0.678. The summed E-state index contributed by atoms with van der Waals surface area (Å²) in [5, 5.41) is 2.54. The molecule has 1 fully saturated rings. The fraction of sp³-hybridized carbons (Fsp3) is 0.500. The van der Waals surface area contributed by atoms with Crippen molar-refractivity contribution >= 4 is 25.8 Å². The average Bonchev–Trinajstić information content (AvgIpc) is 2.83. The molecule has 1 amide bonds. The zero-order chi connectivity index (χ0) is 16.9. The van der Waals surface area contributed by atoms with Crippen LogP contribution in [0.25, 0.3) is 0 Å². The molecule has 1 aromatic rings. The maximum Gasteiger partial charge on any atom is 0.235 e. The van der Waals surface area contributed by atoms with Gasteiger partial charge in [0.25, 0.3) is 0 Å². The molecule has 1 unspecified atom stereocenters. The Morgan fingerprint density at radius 1 is 1.22 bits per heavy atom. The Balaban J connectivity index is 1.74. The summed E-state index contributed by atoms with van der Waals surface area (Å²) >= 11 is 0. The molecule has 23 heavy (non-hydrogen) atoms. The van der Waals surface area contributed by atoms with Crippen molar-refractivity contribution < 1.29 is 21.6 Å². The molecule has 7 nitrogen and oxygen atoms in total. The predicted molar refractivity (Wildman–Crippen MR) is 87.1 cm³/mol. The summed E-state index contributed by atoms with van der Waals surface area (Å²) in [6.45, 7) is -0.381. The Labute approximate surface area is 136 Å². The summed E-state index contributed by atoms with van der Waals surface area (Å²) in [7, 11) is -6.64. The highest BCUT2D eigenvalue weighted by Gasteiger charge is 2.28. The van der Waals surface area contributed by atoms with Crippen LogP contribution < -0.4 is 10.0 Å². The summed E-state index contributed by atoms with van der Waals surface area (Å²) in [5.74, 6) is -0.655. The van der Waals surface area contributed by atoms with Crippen molar-refractivity contribution in [2.75, 3.05) is 23.8 Å². The molecule has 1 aliphatic rings. The third kappa shape index (κ3) is 6.28. The molecule has 0 radical (unpaired) electrons. The van der Waals surface area contributed by atoms with E-state index in [2.05, 4.69) is 10.0 Å². The van der Waals surface area contributed by atoms with E-state index in [-0.39, 0.29) is 23.8 Å². The first-order valence-electron chi connectivity index (χ1n) is 7.27. The van der Waals surface area contributed by atoms with Gasteiger partial charge in [0, 0.05) is 6.04 Å². The molecule has 128 valence electrons. The summed E-state index contributed by atoms with van der Waals surface area (Å²) in [5.41, 5.74) is 0.901. The Hall–Kier alpha value is -1.45. The molecule has 1 heterocycles. The molecule has 0 aromatic heterocycles. The number of carbonyl (C=O) groups is 1. The van der Waals surface area contributed by atoms with Crippen LogP contribution in [0, 0.1) is 0 Å². The van der Waals surface area contributed by atoms with Crippen LogP contribution in [0.3, 0.4) is 0 Å². The topological polar surface area (TPSA) is 109 Å². The van der Waals surface area contributed by atoms with Gasteiger partial charge in [-0.15, -0.1) is 0 Å². The number of benzene rings is 1. The molecule has 1 aromatic carbocycles. The summed E-state index contributed by atoms with van der Waals surface area (Å²) in [4.78, 5) is 11.7. The van der Waals surface area contributed by atoms with Crippen molar-refractivity contribution in [3.05, 3.63) is 35.9 Å². The summed E-state index contributed by atoms with van der Waals surface area (Å²) in [6, 6.07) is 8.76. The van der Waals surface area contributed by atoms with Crippen LogP contribution in [-0.2, 0) is 31.1 Å². The SMILES string of the molecule is O=C(CNS(=O)(=O)CCc1ccccc1)NC1CCS(=O)(=O)C1. The van der Waals surface area contributed by atoms with E-state index in [1.54, 1.807) is 0 Å². The highest BCUT2D eigenvalue weighted by molar-refractivity contribution is 7.91. The van der Waals surface area contributed by atoms with Gasteiger partial charge in [0.15, 0.2) is 9.84 Å². The molecular formula is C14H20N2O5S2. The van der Waals surface area contributed by atoms with Crippen molar-refractivity contribution in [3.8, 4) is 0 Å². The smallest absolute Gasteiger partial charge is 0.235 e. The predicted octanol–water partition coefficient (Wildman–Crippen LogP) is -0.548. The standard InChI is InChI=1S/C14H20N2O5S2/c17-14(16-13-7-8-22(18,19)11-13)10-15-23(20,21)9-6-12-4-2-1-3-5-12/h1-5,13,15H,6-11H2,(H,16,17). The van der Waals surface area contributed by atoms with Gasteiger partial charge in [0.2, 0.25) is 15.9 Å². The third-order valence-electron chi connectivity index (χ3n) is 3.55. The number of amides is 1. The molecular weight excluding hydrogens is 340 g/mol. The molecule has 1 aliphatic heterocycles. The third-order valence-corrected chi connectivity index (χ3v) is 6.65. The zero-order valence-corrected chi connectivity index (χ0v) is 14.2. The van der Waals surface area contributed by atoms with Crippen LogP contribution in [0.2, 0.25) is 0 Å². The molecule has 0 bridgehead atoms. The normalized spacial score (nSPS) is 20.3. The highest BCUT2D eigenvalue weighted by Crippen LogP contribution is 2.10. The van der Waals surface area contributed by atoms with Gasteiger partial charge in [-0.3, -0.25) is 4.79 Å². The zero-order valence-electron chi connectivity index (χ0n) is 12.6. The number of rotatable bonds is 7. The second-order valence-electron chi connectivity index (χ2n) is 5.54. The average molecular weight is 360 g/mol. The van der Waals surface area contributed by atoms with Crippen molar-refractivity contribution in [1.82, 2.24) is 10.0 Å². The van der Waals surface area contributed by atoms with Crippen molar-refractivity contribution in [3.63, 3.8) is 0 Å². The van der Waals surface area contributed by atoms with Crippen LogP contribution in [0.5, 0.6) is 0 Å². The molecule has 0 spiro atoms. The number of aryl methyl sites for hydroxylation is 1. The maximum atomic E-state index is 11.9. The van der Waals surface area contributed by atoms with Crippen LogP contribution >= 0.6 is 0 Å². The highest BCUT2D eigenvalue weighted by atomic mass is 32.2. The lowest BCUT2D eigenvalue weighted by Gasteiger charge is -2.11. The van der Waals surface area contributed by atoms with Crippen LogP contribution in [0.1, 0.15) is 12.0 Å². The second kappa shape index (κ2) is 7.41. The van der Waals surface area contributed by atoms with E-state index in [1.807, 2.05) is 30.3 Å². The lowest BCUT2D eigenvalue weighted by molar-refractivity contribution is -0.120. The molecule has 0 aliphatic carbocycles. The minimum absolute atomic E-state index is 0.0563. The molecule has 2 N–H and O–H groups in total. The number of nitrogens with one attached hydrogen (secondary N) is 2. The second-order valence-corrected chi connectivity index (χ2v) is 9.70. The van der Waals surface area contributed by atoms with E-state index in [4.69, 9.17) is 0 Å². The number of hydrogen-bond donors (Lipinski definition) is 2. The van der Waals surface area contributed by atoms with E-state index in [1.165, 1.54) is 0 Å². The van der Waals surface area contributed by atoms with Gasteiger partial charge < -0.3 is 5.32 Å². The lowest BCUT2D eigenvalue weighted by Crippen LogP contribution is -2.43. The van der Waals surface area contributed by atoms with Crippen LogP contribution in [0.15, 0.2) is 30.3 Å². The van der Waals surface area contributed by atoms with E-state index in [0.717, 1.165) is 5.56 Å². The first-order valence-corrected chi connectivity index (χ1v) is 10.7. The minimum atomic E-state index is -3.56. The van der Waals surface area contributed by atoms with Gasteiger partial charge in [0.1, 0.15) is 0 Å². The first kappa shape index (κ1) is 17.9. The fourth-order valence-corrected chi connectivity index (χ4v) is 5.01. The van der Waals surface area contributed by atoms with E-state index in [0.29, 0.717) is 12.8 Å². The van der Waals surface area contributed by atoms with E-state index < -0.39 is 31.8 Å². The van der Waals surface area contributed by atoms with Gasteiger partial charge in [0.05, 0.1) is 23.8 Å². The summed E-state index contributed by atoms with van der Waals surface area (Å²) < 4.78 is 48.6. The van der Waals surface area contributed by atoms with E-state index >= 15 is 0 Å². The maximum absolute atomic E-state index is 11.9. The molecule has 1 atom stereocenters. The number of sulfonamides is 1. The number of sulfone groups is 1. The van der Waals surface area contributed by atoms with Gasteiger partial charge in [-0.2, -0.15) is 0 Å². The van der Waals surface area contributed by atoms with Gasteiger partial charge in [-0.1, -0.05) is 30.3 Å². The molecule has 2 rings (SSSR count). The fourth-order valence-electron chi connectivity index (χ4n) is 2.33. The van der Waals surface area contributed by atoms with Gasteiger partial charge >= 0.3 is 0 Å². The van der Waals surface area contributed by atoms with Crippen molar-refractivity contribution in [2.45, 2.75) is 18.9 Å². The van der Waals surface area contributed by atoms with Crippen LogP contribution in [0.4, 0.5) is 0 Å². The van der Waals surface area contributed by atoms with Gasteiger partial charge in [-0.25, -0.2) is 21.6 Å². The molecule has 0 saturated carbocycles. The Kier molecular flexibility index (Phi) is 5.77. The number of hydrogen-bond acceptors (Lipinski definition) is 5. The number of carbonyl (C=O) groups excluding carboxylic acids is 1. The van der Waals surface area contributed by atoms with Crippen molar-refractivity contribution in [2.24, 2.45) is 0 Å².